The first-order chi connectivity index (χ1) is 7.89. The number of sulfonamides is 1. The molecule has 0 aliphatic heterocycles. The largest absolute Gasteiger partial charge is 0.461 e. The van der Waals surface area contributed by atoms with Gasteiger partial charge in [0.1, 0.15) is 4.90 Å². The minimum absolute atomic E-state index is 0.228. The minimum Gasteiger partial charge on any atom is -0.461 e. The summed E-state index contributed by atoms with van der Waals surface area (Å²) in [4.78, 5) is 11.3. The number of ether oxygens (including phenoxy) is 1. The molecule has 1 saturated carbocycles. The van der Waals surface area contributed by atoms with Crippen molar-refractivity contribution in [2.45, 2.75) is 24.7 Å². The maximum atomic E-state index is 11.6. The average Bonchev–Trinajstić information content (AvgIpc) is 2.95. The van der Waals surface area contributed by atoms with Crippen LogP contribution in [0, 0.1) is 12.8 Å². The SMILES string of the molecule is Cc1[nH]nc(C(=O)OCC2CC2)c1S(N)(=O)=O. The fourth-order valence-electron chi connectivity index (χ4n) is 1.45. The third-order valence-corrected chi connectivity index (χ3v) is 3.58. The molecule has 8 heteroatoms. The fraction of sp³-hybridized carbons (Fsp3) is 0.556. The number of aryl methyl sites for hydroxylation is 1. The van der Waals surface area contributed by atoms with E-state index < -0.39 is 16.0 Å². The molecule has 94 valence electrons. The van der Waals surface area contributed by atoms with Crippen LogP contribution in [0.15, 0.2) is 4.90 Å². The van der Waals surface area contributed by atoms with Crippen LogP contribution >= 0.6 is 0 Å². The molecule has 0 amide bonds. The molecule has 2 rings (SSSR count). The van der Waals surface area contributed by atoms with Crippen molar-refractivity contribution in [2.24, 2.45) is 11.1 Å². The zero-order valence-corrected chi connectivity index (χ0v) is 10.1. The van der Waals surface area contributed by atoms with Crippen LogP contribution in [-0.2, 0) is 14.8 Å². The van der Waals surface area contributed by atoms with Gasteiger partial charge in [-0.25, -0.2) is 18.4 Å². The molecule has 0 saturated heterocycles. The first-order valence-corrected chi connectivity index (χ1v) is 6.69. The standard InChI is InChI=1S/C9H13N3O4S/c1-5-8(17(10,14)15)7(12-11-5)9(13)16-4-6-2-3-6/h6H,2-4H2,1H3,(H,11,12)(H2,10,14,15). The van der Waals surface area contributed by atoms with E-state index in [4.69, 9.17) is 9.88 Å². The van der Waals surface area contributed by atoms with Crippen molar-refractivity contribution in [2.75, 3.05) is 6.61 Å². The second kappa shape index (κ2) is 4.11. The van der Waals surface area contributed by atoms with Crippen LogP contribution in [0.5, 0.6) is 0 Å². The monoisotopic (exact) mass is 259 g/mol. The number of rotatable bonds is 4. The van der Waals surface area contributed by atoms with Gasteiger partial charge in [-0.1, -0.05) is 0 Å². The number of hydrogen-bond donors (Lipinski definition) is 2. The fourth-order valence-corrected chi connectivity index (χ4v) is 2.32. The first-order valence-electron chi connectivity index (χ1n) is 5.14. The Kier molecular flexibility index (Phi) is 2.92. The Hall–Kier alpha value is -1.41. The van der Waals surface area contributed by atoms with Crippen molar-refractivity contribution in [1.29, 1.82) is 0 Å². The van der Waals surface area contributed by atoms with Crippen LogP contribution in [-0.4, -0.2) is 31.2 Å². The van der Waals surface area contributed by atoms with Crippen molar-refractivity contribution < 1.29 is 17.9 Å². The number of nitrogens with zero attached hydrogens (tertiary/aromatic N) is 1. The molecule has 1 aromatic heterocycles. The van der Waals surface area contributed by atoms with Gasteiger partial charge in [-0.15, -0.1) is 0 Å². The zero-order chi connectivity index (χ0) is 12.6. The number of esters is 1. The van der Waals surface area contributed by atoms with Crippen molar-refractivity contribution in [3.05, 3.63) is 11.4 Å². The van der Waals surface area contributed by atoms with E-state index in [-0.39, 0.29) is 16.3 Å². The summed E-state index contributed by atoms with van der Waals surface area (Å²) in [5.74, 6) is -0.359. The number of nitrogens with two attached hydrogens (primary N) is 1. The van der Waals surface area contributed by atoms with Gasteiger partial charge in [-0.2, -0.15) is 5.10 Å². The number of primary sulfonamides is 1. The van der Waals surface area contributed by atoms with E-state index in [1.54, 1.807) is 0 Å². The predicted octanol–water partition coefficient (Wildman–Crippen LogP) is -0.0677. The Bertz CT molecular complexity index is 545. The number of carbonyl (C=O) groups is 1. The highest BCUT2D eigenvalue weighted by Crippen LogP contribution is 2.29. The lowest BCUT2D eigenvalue weighted by Crippen LogP contribution is -2.18. The van der Waals surface area contributed by atoms with Crippen molar-refractivity contribution in [1.82, 2.24) is 10.2 Å². The van der Waals surface area contributed by atoms with Crippen molar-refractivity contribution in [3.63, 3.8) is 0 Å². The Labute approximate surface area is 98.4 Å². The van der Waals surface area contributed by atoms with Crippen LogP contribution < -0.4 is 5.14 Å². The second-order valence-electron chi connectivity index (χ2n) is 4.11. The second-order valence-corrected chi connectivity index (χ2v) is 5.61. The molecular weight excluding hydrogens is 246 g/mol. The summed E-state index contributed by atoms with van der Waals surface area (Å²) in [6.45, 7) is 1.78. The van der Waals surface area contributed by atoms with Crippen molar-refractivity contribution in [3.8, 4) is 0 Å². The normalized spacial score (nSPS) is 15.9. The van der Waals surface area contributed by atoms with Crippen LogP contribution in [0.1, 0.15) is 29.0 Å². The van der Waals surface area contributed by atoms with E-state index in [0.29, 0.717) is 12.5 Å². The molecule has 0 spiro atoms. The lowest BCUT2D eigenvalue weighted by atomic mass is 10.3. The lowest BCUT2D eigenvalue weighted by molar-refractivity contribution is 0.0474. The zero-order valence-electron chi connectivity index (χ0n) is 9.26. The Morgan fingerprint density at radius 3 is 2.76 bits per heavy atom. The number of aromatic nitrogens is 2. The molecule has 1 aliphatic carbocycles. The number of nitrogens with one attached hydrogen (secondary N) is 1. The molecule has 0 unspecified atom stereocenters. The number of H-pyrrole nitrogens is 1. The molecule has 1 heterocycles. The van der Waals surface area contributed by atoms with Gasteiger partial charge in [0.05, 0.1) is 12.3 Å². The van der Waals surface area contributed by atoms with Crippen LogP contribution in [0.2, 0.25) is 0 Å². The molecular formula is C9H13N3O4S. The summed E-state index contributed by atoms with van der Waals surface area (Å²) >= 11 is 0. The molecule has 3 N–H and O–H groups in total. The summed E-state index contributed by atoms with van der Waals surface area (Å²) < 4.78 is 27.6. The first kappa shape index (κ1) is 12.1. The highest BCUT2D eigenvalue weighted by atomic mass is 32.2. The Morgan fingerprint density at radius 1 is 1.59 bits per heavy atom. The van der Waals surface area contributed by atoms with Crippen LogP contribution in [0.3, 0.4) is 0 Å². The minimum atomic E-state index is -3.98. The van der Waals surface area contributed by atoms with E-state index in [0.717, 1.165) is 12.8 Å². The van der Waals surface area contributed by atoms with E-state index in [2.05, 4.69) is 10.2 Å². The maximum Gasteiger partial charge on any atom is 0.360 e. The molecule has 7 nitrogen and oxygen atoms in total. The van der Waals surface area contributed by atoms with Gasteiger partial charge >= 0.3 is 5.97 Å². The highest BCUT2D eigenvalue weighted by Gasteiger charge is 2.29. The lowest BCUT2D eigenvalue weighted by Gasteiger charge is -2.02. The Morgan fingerprint density at radius 2 is 2.24 bits per heavy atom. The van der Waals surface area contributed by atoms with E-state index >= 15 is 0 Å². The smallest absolute Gasteiger partial charge is 0.360 e. The molecule has 17 heavy (non-hydrogen) atoms. The summed E-state index contributed by atoms with van der Waals surface area (Å²) in [5.41, 5.74) is -0.0449. The molecule has 1 aromatic rings. The summed E-state index contributed by atoms with van der Waals surface area (Å²) in [5, 5.41) is 11.1. The number of hydrogen-bond acceptors (Lipinski definition) is 5. The highest BCUT2D eigenvalue weighted by molar-refractivity contribution is 7.89. The summed E-state index contributed by atoms with van der Waals surface area (Å²) in [7, 11) is -3.98. The van der Waals surface area contributed by atoms with Gasteiger partial charge in [-0.3, -0.25) is 5.10 Å². The number of aromatic amines is 1. The van der Waals surface area contributed by atoms with E-state index in [1.807, 2.05) is 0 Å². The molecule has 0 bridgehead atoms. The summed E-state index contributed by atoms with van der Waals surface area (Å²) in [6, 6.07) is 0. The molecule has 1 fully saturated rings. The number of carbonyl (C=O) groups excluding carboxylic acids is 1. The molecule has 0 aromatic carbocycles. The maximum absolute atomic E-state index is 11.6. The molecule has 1 aliphatic rings. The predicted molar refractivity (Wildman–Crippen MR) is 57.7 cm³/mol. The van der Waals surface area contributed by atoms with Gasteiger partial charge in [0.25, 0.3) is 0 Å². The topological polar surface area (TPSA) is 115 Å². The van der Waals surface area contributed by atoms with E-state index in [9.17, 15) is 13.2 Å². The molecule has 0 atom stereocenters. The van der Waals surface area contributed by atoms with Crippen LogP contribution in [0.25, 0.3) is 0 Å². The Balaban J connectivity index is 2.22. The van der Waals surface area contributed by atoms with Gasteiger partial charge in [0.15, 0.2) is 5.69 Å². The quantitative estimate of drug-likeness (QED) is 0.734. The van der Waals surface area contributed by atoms with Crippen LogP contribution in [0.4, 0.5) is 0 Å². The van der Waals surface area contributed by atoms with Gasteiger partial charge in [0, 0.05) is 0 Å². The average molecular weight is 259 g/mol. The van der Waals surface area contributed by atoms with Crippen molar-refractivity contribution >= 4 is 16.0 Å². The van der Waals surface area contributed by atoms with Gasteiger partial charge in [-0.05, 0) is 25.7 Å². The third-order valence-electron chi connectivity index (χ3n) is 2.52. The third kappa shape index (κ3) is 2.64. The molecule has 0 radical (unpaired) electrons. The van der Waals surface area contributed by atoms with Gasteiger partial charge in [0.2, 0.25) is 10.0 Å². The summed E-state index contributed by atoms with van der Waals surface area (Å²) in [6.07, 6.45) is 2.07. The van der Waals surface area contributed by atoms with E-state index in [1.165, 1.54) is 6.92 Å². The van der Waals surface area contributed by atoms with Gasteiger partial charge < -0.3 is 4.74 Å².